The Morgan fingerprint density at radius 1 is 1.21 bits per heavy atom. The highest BCUT2D eigenvalue weighted by Crippen LogP contribution is 2.27. The average Bonchev–Trinajstić information content (AvgIpc) is 2.86. The van der Waals surface area contributed by atoms with E-state index < -0.39 is 5.82 Å². The molecule has 1 aromatic rings. The topological polar surface area (TPSA) is 58.2 Å². The maximum absolute atomic E-state index is 13.6. The van der Waals surface area contributed by atoms with Crippen LogP contribution in [0.15, 0.2) is 18.2 Å². The molecule has 0 radical (unpaired) electrons. The van der Waals surface area contributed by atoms with Gasteiger partial charge in [0.2, 0.25) is 11.8 Å². The van der Waals surface area contributed by atoms with Gasteiger partial charge in [-0.2, -0.15) is 0 Å². The molecule has 1 fully saturated rings. The number of amides is 2. The summed E-state index contributed by atoms with van der Waals surface area (Å²) < 4.78 is 13.6. The Kier molecular flexibility index (Phi) is 4.14. The summed E-state index contributed by atoms with van der Waals surface area (Å²) in [5.74, 6) is -0.902. The second-order valence-electron chi connectivity index (χ2n) is 4.85. The maximum Gasteiger partial charge on any atom is 0.227 e. The molecule has 0 aliphatic heterocycles. The lowest BCUT2D eigenvalue weighted by atomic mass is 10.1. The molecule has 1 aromatic carbocycles. The van der Waals surface area contributed by atoms with Crippen molar-refractivity contribution in [3.8, 4) is 0 Å². The van der Waals surface area contributed by atoms with Gasteiger partial charge in [0.1, 0.15) is 5.82 Å². The standard InChI is InChI=1S/C14H17FN2O2/c1-9(18)16-11-6-7-12(15)13(8-11)17-14(19)10-4-2-3-5-10/h6-8,10H,2-5H2,1H3,(H,16,18)(H,17,19). The lowest BCUT2D eigenvalue weighted by Gasteiger charge is -2.12. The molecule has 19 heavy (non-hydrogen) atoms. The second kappa shape index (κ2) is 5.82. The SMILES string of the molecule is CC(=O)Nc1ccc(F)c(NC(=O)C2CCCC2)c1. The van der Waals surface area contributed by atoms with Gasteiger partial charge in [0.15, 0.2) is 0 Å². The highest BCUT2D eigenvalue weighted by molar-refractivity contribution is 5.94. The van der Waals surface area contributed by atoms with Gasteiger partial charge in [0.25, 0.3) is 0 Å². The van der Waals surface area contributed by atoms with E-state index in [9.17, 15) is 14.0 Å². The van der Waals surface area contributed by atoms with E-state index in [2.05, 4.69) is 10.6 Å². The van der Waals surface area contributed by atoms with Crippen LogP contribution in [0.3, 0.4) is 0 Å². The van der Waals surface area contributed by atoms with Crippen LogP contribution in [0, 0.1) is 11.7 Å². The van der Waals surface area contributed by atoms with Gasteiger partial charge in [0, 0.05) is 18.5 Å². The number of carbonyl (C=O) groups excluding carboxylic acids is 2. The monoisotopic (exact) mass is 264 g/mol. The third-order valence-electron chi connectivity index (χ3n) is 3.27. The van der Waals surface area contributed by atoms with Crippen LogP contribution in [0.1, 0.15) is 32.6 Å². The zero-order valence-corrected chi connectivity index (χ0v) is 10.8. The first-order chi connectivity index (χ1) is 9.06. The molecule has 1 aliphatic carbocycles. The lowest BCUT2D eigenvalue weighted by molar-refractivity contribution is -0.119. The van der Waals surface area contributed by atoms with E-state index in [1.165, 1.54) is 25.1 Å². The maximum atomic E-state index is 13.6. The third-order valence-corrected chi connectivity index (χ3v) is 3.27. The van der Waals surface area contributed by atoms with Crippen molar-refractivity contribution in [3.63, 3.8) is 0 Å². The molecule has 0 atom stereocenters. The summed E-state index contributed by atoms with van der Waals surface area (Å²) in [6.45, 7) is 1.38. The third kappa shape index (κ3) is 3.53. The molecular formula is C14H17FN2O2. The summed E-state index contributed by atoms with van der Waals surface area (Å²) in [5, 5.41) is 5.16. The predicted molar refractivity (Wildman–Crippen MR) is 71.3 cm³/mol. The summed E-state index contributed by atoms with van der Waals surface area (Å²) in [7, 11) is 0. The van der Waals surface area contributed by atoms with Crippen molar-refractivity contribution < 1.29 is 14.0 Å². The minimum atomic E-state index is -0.500. The smallest absolute Gasteiger partial charge is 0.227 e. The Balaban J connectivity index is 2.09. The number of benzene rings is 1. The number of carbonyl (C=O) groups is 2. The van der Waals surface area contributed by atoms with E-state index in [0.29, 0.717) is 5.69 Å². The van der Waals surface area contributed by atoms with Crippen LogP contribution in [0.4, 0.5) is 15.8 Å². The molecule has 5 heteroatoms. The fourth-order valence-electron chi connectivity index (χ4n) is 2.32. The first kappa shape index (κ1) is 13.5. The molecule has 0 spiro atoms. The first-order valence-corrected chi connectivity index (χ1v) is 6.44. The van der Waals surface area contributed by atoms with Gasteiger partial charge in [-0.3, -0.25) is 9.59 Å². The van der Waals surface area contributed by atoms with E-state index in [0.717, 1.165) is 25.7 Å². The lowest BCUT2D eigenvalue weighted by Crippen LogP contribution is -2.21. The fraction of sp³-hybridized carbons (Fsp3) is 0.429. The number of hydrogen-bond acceptors (Lipinski definition) is 2. The molecule has 0 heterocycles. The zero-order valence-electron chi connectivity index (χ0n) is 10.8. The van der Waals surface area contributed by atoms with Crippen molar-refractivity contribution in [1.82, 2.24) is 0 Å². The molecule has 2 N–H and O–H groups in total. The van der Waals surface area contributed by atoms with E-state index in [1.807, 2.05) is 0 Å². The largest absolute Gasteiger partial charge is 0.326 e. The van der Waals surface area contributed by atoms with Crippen LogP contribution in [-0.4, -0.2) is 11.8 Å². The summed E-state index contributed by atoms with van der Waals surface area (Å²) >= 11 is 0. The van der Waals surface area contributed by atoms with Gasteiger partial charge in [-0.05, 0) is 31.0 Å². The van der Waals surface area contributed by atoms with Gasteiger partial charge in [-0.25, -0.2) is 4.39 Å². The Labute approximate surface area is 111 Å². The van der Waals surface area contributed by atoms with Crippen LogP contribution in [0.5, 0.6) is 0 Å². The molecule has 2 rings (SSSR count). The highest BCUT2D eigenvalue weighted by Gasteiger charge is 2.23. The van der Waals surface area contributed by atoms with Crippen molar-refractivity contribution in [2.45, 2.75) is 32.6 Å². The Morgan fingerprint density at radius 2 is 1.89 bits per heavy atom. The highest BCUT2D eigenvalue weighted by atomic mass is 19.1. The minimum Gasteiger partial charge on any atom is -0.326 e. The van der Waals surface area contributed by atoms with Gasteiger partial charge < -0.3 is 10.6 Å². The Morgan fingerprint density at radius 3 is 2.53 bits per heavy atom. The molecule has 1 aliphatic rings. The number of nitrogens with one attached hydrogen (secondary N) is 2. The molecule has 2 amide bonds. The molecule has 0 aromatic heterocycles. The fourth-order valence-corrected chi connectivity index (χ4v) is 2.32. The quantitative estimate of drug-likeness (QED) is 0.881. The van der Waals surface area contributed by atoms with Crippen LogP contribution >= 0.6 is 0 Å². The Bertz CT molecular complexity index is 496. The zero-order chi connectivity index (χ0) is 13.8. The first-order valence-electron chi connectivity index (χ1n) is 6.44. The molecular weight excluding hydrogens is 247 g/mol. The summed E-state index contributed by atoms with van der Waals surface area (Å²) in [4.78, 5) is 22.9. The van der Waals surface area contributed by atoms with Crippen molar-refractivity contribution in [2.24, 2.45) is 5.92 Å². The van der Waals surface area contributed by atoms with Crippen LogP contribution in [-0.2, 0) is 9.59 Å². The van der Waals surface area contributed by atoms with Gasteiger partial charge >= 0.3 is 0 Å². The predicted octanol–water partition coefficient (Wildman–Crippen LogP) is 2.91. The molecule has 0 bridgehead atoms. The molecule has 1 saturated carbocycles. The van der Waals surface area contributed by atoms with E-state index in [-0.39, 0.29) is 23.4 Å². The van der Waals surface area contributed by atoms with Crippen molar-refractivity contribution in [3.05, 3.63) is 24.0 Å². The van der Waals surface area contributed by atoms with Crippen LogP contribution in [0.25, 0.3) is 0 Å². The second-order valence-corrected chi connectivity index (χ2v) is 4.85. The van der Waals surface area contributed by atoms with Gasteiger partial charge in [0.05, 0.1) is 5.69 Å². The number of rotatable bonds is 3. The van der Waals surface area contributed by atoms with Crippen molar-refractivity contribution >= 4 is 23.2 Å². The van der Waals surface area contributed by atoms with E-state index in [4.69, 9.17) is 0 Å². The van der Waals surface area contributed by atoms with Crippen LogP contribution < -0.4 is 10.6 Å². The van der Waals surface area contributed by atoms with Gasteiger partial charge in [-0.15, -0.1) is 0 Å². The molecule has 0 saturated heterocycles. The number of halogens is 1. The minimum absolute atomic E-state index is 0.0242. The number of hydrogen-bond donors (Lipinski definition) is 2. The normalized spacial score (nSPS) is 15.3. The van der Waals surface area contributed by atoms with Crippen molar-refractivity contribution in [2.75, 3.05) is 10.6 Å². The van der Waals surface area contributed by atoms with Gasteiger partial charge in [-0.1, -0.05) is 12.8 Å². The van der Waals surface area contributed by atoms with Crippen molar-refractivity contribution in [1.29, 1.82) is 0 Å². The van der Waals surface area contributed by atoms with E-state index >= 15 is 0 Å². The van der Waals surface area contributed by atoms with Crippen LogP contribution in [0.2, 0.25) is 0 Å². The van der Waals surface area contributed by atoms with E-state index in [1.54, 1.807) is 0 Å². The number of anilines is 2. The molecule has 4 nitrogen and oxygen atoms in total. The summed E-state index contributed by atoms with van der Waals surface area (Å²) in [6, 6.07) is 4.13. The molecule has 102 valence electrons. The average molecular weight is 264 g/mol. The summed E-state index contributed by atoms with van der Waals surface area (Å²) in [6.07, 6.45) is 3.82. The summed E-state index contributed by atoms with van der Waals surface area (Å²) in [5.41, 5.74) is 0.582. The Hall–Kier alpha value is -1.91. The molecule has 0 unspecified atom stereocenters.